The minimum Gasteiger partial charge on any atom is -0.461 e. The molecule has 0 radical (unpaired) electrons. The molecular weight excluding hydrogens is 326 g/mol. The number of carbonyl (C=O) groups excluding carboxylic acids is 1. The Morgan fingerprint density at radius 3 is 2.71 bits per heavy atom. The summed E-state index contributed by atoms with van der Waals surface area (Å²) in [7, 11) is 0. The van der Waals surface area contributed by atoms with E-state index in [1.54, 1.807) is 20.8 Å². The number of thiazole rings is 1. The highest BCUT2D eigenvalue weighted by Crippen LogP contribution is 2.10. The van der Waals surface area contributed by atoms with Gasteiger partial charge in [0, 0.05) is 30.0 Å². The van der Waals surface area contributed by atoms with Gasteiger partial charge in [0.15, 0.2) is 0 Å². The van der Waals surface area contributed by atoms with Gasteiger partial charge in [0.25, 0.3) is 0 Å². The van der Waals surface area contributed by atoms with E-state index < -0.39 is 0 Å². The van der Waals surface area contributed by atoms with E-state index in [2.05, 4.69) is 5.10 Å². The third-order valence-corrected chi connectivity index (χ3v) is 4.50. The summed E-state index contributed by atoms with van der Waals surface area (Å²) < 4.78 is 8.61. The number of ether oxygens (including phenoxy) is 1. The van der Waals surface area contributed by atoms with Crippen molar-refractivity contribution in [3.05, 3.63) is 69.0 Å². The third-order valence-electron chi connectivity index (χ3n) is 3.62. The van der Waals surface area contributed by atoms with E-state index in [4.69, 9.17) is 4.74 Å². The highest BCUT2D eigenvalue weighted by Gasteiger charge is 2.08. The quantitative estimate of drug-likeness (QED) is 0.645. The summed E-state index contributed by atoms with van der Waals surface area (Å²) in [5.74, 6) is -0.316. The molecule has 3 rings (SSSR count). The highest BCUT2D eigenvalue weighted by molar-refractivity contribution is 7.07. The lowest BCUT2D eigenvalue weighted by atomic mass is 10.2. The summed E-state index contributed by atoms with van der Waals surface area (Å²) in [5.41, 5.74) is 2.72. The summed E-state index contributed by atoms with van der Waals surface area (Å²) in [5, 5.41) is 5.94. The fraction of sp³-hybridized carbons (Fsp3) is 0.235. The van der Waals surface area contributed by atoms with Crippen LogP contribution in [0.25, 0.3) is 5.69 Å². The second-order valence-electron chi connectivity index (χ2n) is 5.32. The second-order valence-corrected chi connectivity index (χ2v) is 6.14. The van der Waals surface area contributed by atoms with Gasteiger partial charge in [-0.25, -0.2) is 4.68 Å². The molecule has 0 saturated carbocycles. The molecule has 0 spiro atoms. The van der Waals surface area contributed by atoms with E-state index in [0.717, 1.165) is 28.3 Å². The van der Waals surface area contributed by atoms with Crippen LogP contribution in [0.2, 0.25) is 0 Å². The van der Waals surface area contributed by atoms with Crippen molar-refractivity contribution in [1.29, 1.82) is 0 Å². The Kier molecular flexibility index (Phi) is 4.90. The van der Waals surface area contributed by atoms with Crippen LogP contribution in [0, 0.1) is 6.92 Å². The largest absolute Gasteiger partial charge is 0.461 e. The normalized spacial score (nSPS) is 10.7. The Balaban J connectivity index is 1.50. The molecule has 0 aliphatic rings. The molecule has 0 unspecified atom stereocenters. The van der Waals surface area contributed by atoms with Crippen molar-refractivity contribution in [2.24, 2.45) is 0 Å². The Morgan fingerprint density at radius 2 is 2.08 bits per heavy atom. The number of aromatic nitrogens is 3. The Labute approximate surface area is 142 Å². The number of esters is 1. The van der Waals surface area contributed by atoms with E-state index in [0.29, 0.717) is 6.54 Å². The average Bonchev–Trinajstić information content (AvgIpc) is 3.23. The van der Waals surface area contributed by atoms with Crippen LogP contribution in [0.5, 0.6) is 0 Å². The number of carbonyl (C=O) groups is 1. The van der Waals surface area contributed by atoms with Crippen molar-refractivity contribution < 1.29 is 9.53 Å². The van der Waals surface area contributed by atoms with Gasteiger partial charge in [0.1, 0.15) is 6.61 Å². The topological polar surface area (TPSA) is 66.1 Å². The maximum Gasteiger partial charge on any atom is 0.307 e. The Morgan fingerprint density at radius 1 is 1.29 bits per heavy atom. The molecule has 0 aliphatic heterocycles. The first-order chi connectivity index (χ1) is 11.6. The molecule has 24 heavy (non-hydrogen) atoms. The first-order valence-corrected chi connectivity index (χ1v) is 8.41. The molecule has 0 saturated heterocycles. The van der Waals surface area contributed by atoms with E-state index in [1.807, 2.05) is 43.5 Å². The lowest BCUT2D eigenvalue weighted by molar-refractivity contribution is -0.145. The van der Waals surface area contributed by atoms with Crippen molar-refractivity contribution in [2.45, 2.75) is 26.5 Å². The van der Waals surface area contributed by atoms with Crippen molar-refractivity contribution in [1.82, 2.24) is 14.3 Å². The van der Waals surface area contributed by atoms with Gasteiger partial charge in [-0.1, -0.05) is 23.5 Å². The molecule has 0 N–H and O–H groups in total. The first kappa shape index (κ1) is 16.2. The molecule has 0 aliphatic carbocycles. The lowest BCUT2D eigenvalue weighted by Gasteiger charge is -2.07. The SMILES string of the molecule is Cc1csc(=O)n1CCC(=O)OCc1ccc(-n2cccn2)cc1. The van der Waals surface area contributed by atoms with Gasteiger partial charge in [0.05, 0.1) is 12.1 Å². The van der Waals surface area contributed by atoms with Crippen LogP contribution in [0.15, 0.2) is 52.9 Å². The maximum atomic E-state index is 11.8. The summed E-state index contributed by atoms with van der Waals surface area (Å²) in [6, 6.07) is 9.50. The molecular formula is C17H17N3O3S. The zero-order valence-electron chi connectivity index (χ0n) is 13.2. The minimum atomic E-state index is -0.316. The van der Waals surface area contributed by atoms with E-state index >= 15 is 0 Å². The molecule has 2 heterocycles. The summed E-state index contributed by atoms with van der Waals surface area (Å²) >= 11 is 1.14. The van der Waals surface area contributed by atoms with Crippen molar-refractivity contribution >= 4 is 17.3 Å². The number of hydrogen-bond acceptors (Lipinski definition) is 5. The number of aryl methyl sites for hydroxylation is 1. The van der Waals surface area contributed by atoms with E-state index in [-0.39, 0.29) is 23.9 Å². The number of hydrogen-bond donors (Lipinski definition) is 0. The Bertz CT molecular complexity index is 863. The van der Waals surface area contributed by atoms with E-state index in [9.17, 15) is 9.59 Å². The molecule has 0 atom stereocenters. The molecule has 0 fully saturated rings. The molecule has 2 aromatic heterocycles. The van der Waals surface area contributed by atoms with Crippen molar-refractivity contribution in [3.63, 3.8) is 0 Å². The minimum absolute atomic E-state index is 0.0467. The van der Waals surface area contributed by atoms with Crippen LogP contribution in [-0.2, 0) is 22.7 Å². The van der Waals surface area contributed by atoms with Gasteiger partial charge in [-0.2, -0.15) is 5.10 Å². The second kappa shape index (κ2) is 7.27. The monoisotopic (exact) mass is 343 g/mol. The molecule has 1 aromatic carbocycles. The predicted octanol–water partition coefficient (Wildman–Crippen LogP) is 2.54. The average molecular weight is 343 g/mol. The van der Waals surface area contributed by atoms with Gasteiger partial charge < -0.3 is 9.30 Å². The van der Waals surface area contributed by atoms with Crippen molar-refractivity contribution in [3.8, 4) is 5.69 Å². The molecule has 0 bridgehead atoms. The van der Waals surface area contributed by atoms with E-state index in [1.165, 1.54) is 0 Å². The highest BCUT2D eigenvalue weighted by atomic mass is 32.1. The summed E-state index contributed by atoms with van der Waals surface area (Å²) in [6.07, 6.45) is 3.77. The zero-order valence-corrected chi connectivity index (χ0v) is 14.0. The number of rotatable bonds is 6. The first-order valence-electron chi connectivity index (χ1n) is 7.53. The summed E-state index contributed by atoms with van der Waals surface area (Å²) in [4.78, 5) is 23.4. The van der Waals surface area contributed by atoms with Crippen LogP contribution in [0.4, 0.5) is 0 Å². The number of benzene rings is 1. The predicted molar refractivity (Wildman–Crippen MR) is 91.3 cm³/mol. The lowest BCUT2D eigenvalue weighted by Crippen LogP contribution is -2.17. The molecule has 0 amide bonds. The standard InChI is InChI=1S/C17H17N3O3S/c1-13-12-24-17(22)19(13)10-7-16(21)23-11-14-3-5-15(6-4-14)20-9-2-8-18-20/h2-6,8-9,12H,7,10-11H2,1H3. The molecule has 124 valence electrons. The third kappa shape index (κ3) is 3.80. The molecule has 6 nitrogen and oxygen atoms in total. The van der Waals surface area contributed by atoms with Gasteiger partial charge in [-0.05, 0) is 30.7 Å². The number of nitrogens with zero attached hydrogens (tertiary/aromatic N) is 3. The van der Waals surface area contributed by atoms with Crippen LogP contribution in [0.1, 0.15) is 17.7 Å². The van der Waals surface area contributed by atoms with Gasteiger partial charge in [-0.15, -0.1) is 0 Å². The van der Waals surface area contributed by atoms with Gasteiger partial charge in [0.2, 0.25) is 0 Å². The molecule has 7 heteroatoms. The summed E-state index contributed by atoms with van der Waals surface area (Å²) in [6.45, 7) is 2.42. The van der Waals surface area contributed by atoms with Crippen molar-refractivity contribution in [2.75, 3.05) is 0 Å². The smallest absolute Gasteiger partial charge is 0.307 e. The zero-order chi connectivity index (χ0) is 16.9. The van der Waals surface area contributed by atoms with Crippen LogP contribution in [-0.4, -0.2) is 20.3 Å². The molecule has 3 aromatic rings. The fourth-order valence-corrected chi connectivity index (χ4v) is 3.04. The van der Waals surface area contributed by atoms with Gasteiger partial charge >= 0.3 is 10.8 Å². The Hall–Kier alpha value is -2.67. The van der Waals surface area contributed by atoms with Crippen LogP contribution >= 0.6 is 11.3 Å². The van der Waals surface area contributed by atoms with Crippen LogP contribution < -0.4 is 4.87 Å². The van der Waals surface area contributed by atoms with Gasteiger partial charge in [-0.3, -0.25) is 9.59 Å². The maximum absolute atomic E-state index is 11.8. The fourth-order valence-electron chi connectivity index (χ4n) is 2.28. The van der Waals surface area contributed by atoms with Crippen LogP contribution in [0.3, 0.4) is 0 Å².